The highest BCUT2D eigenvalue weighted by Gasteiger charge is 2.21. The van der Waals surface area contributed by atoms with Crippen LogP contribution in [0.25, 0.3) is 0 Å². The molecule has 2 aromatic heterocycles. The maximum Gasteiger partial charge on any atom is 0.264 e. The lowest BCUT2D eigenvalue weighted by molar-refractivity contribution is 0.0732. The monoisotopic (exact) mass is 422 g/mol. The van der Waals surface area contributed by atoms with Crippen molar-refractivity contribution < 1.29 is 14.3 Å². The smallest absolute Gasteiger partial charge is 0.264 e. The Hall–Kier alpha value is -2.70. The quantitative estimate of drug-likeness (QED) is 0.528. The van der Waals surface area contributed by atoms with E-state index < -0.39 is 0 Å². The summed E-state index contributed by atoms with van der Waals surface area (Å²) in [7, 11) is 0. The number of hydrogen-bond donors (Lipinski definition) is 0. The van der Waals surface area contributed by atoms with Crippen LogP contribution in [0.5, 0.6) is 5.75 Å². The summed E-state index contributed by atoms with van der Waals surface area (Å²) in [5, 5.41) is 1.96. The van der Waals surface area contributed by atoms with Gasteiger partial charge in [0.05, 0.1) is 30.3 Å². The Morgan fingerprint density at radius 3 is 2.90 bits per heavy atom. The van der Waals surface area contributed by atoms with Crippen LogP contribution in [0, 0.1) is 12.8 Å². The topological polar surface area (TPSA) is 51.7 Å². The molecule has 1 aliphatic heterocycles. The van der Waals surface area contributed by atoms with Crippen molar-refractivity contribution >= 4 is 17.2 Å². The van der Waals surface area contributed by atoms with Crippen molar-refractivity contribution in [1.82, 2.24) is 9.88 Å². The Labute approximate surface area is 181 Å². The van der Waals surface area contributed by atoms with E-state index in [4.69, 9.17) is 9.47 Å². The van der Waals surface area contributed by atoms with Gasteiger partial charge in [0.15, 0.2) is 0 Å². The SMILES string of the molecule is Cc1ccsc1C(=O)N(Cc1cccc(OC[C@H]2CCOC2)c1)Cc1ccccn1. The summed E-state index contributed by atoms with van der Waals surface area (Å²) in [6, 6.07) is 15.8. The van der Waals surface area contributed by atoms with Gasteiger partial charge in [-0.3, -0.25) is 9.78 Å². The van der Waals surface area contributed by atoms with Crippen LogP contribution >= 0.6 is 11.3 Å². The Kier molecular flexibility index (Phi) is 6.77. The van der Waals surface area contributed by atoms with E-state index in [1.807, 2.05) is 65.7 Å². The van der Waals surface area contributed by atoms with E-state index in [0.29, 0.717) is 25.6 Å². The molecule has 0 aliphatic carbocycles. The summed E-state index contributed by atoms with van der Waals surface area (Å²) in [6.07, 6.45) is 2.81. The highest BCUT2D eigenvalue weighted by atomic mass is 32.1. The van der Waals surface area contributed by atoms with Crippen LogP contribution in [0.2, 0.25) is 0 Å². The lowest BCUT2D eigenvalue weighted by atomic mass is 10.1. The van der Waals surface area contributed by atoms with E-state index in [1.165, 1.54) is 11.3 Å². The molecule has 4 rings (SSSR count). The van der Waals surface area contributed by atoms with Gasteiger partial charge in [-0.1, -0.05) is 18.2 Å². The van der Waals surface area contributed by atoms with Crippen LogP contribution in [0.3, 0.4) is 0 Å². The molecule has 156 valence electrons. The summed E-state index contributed by atoms with van der Waals surface area (Å²) in [5.74, 6) is 1.32. The molecule has 0 radical (unpaired) electrons. The number of aryl methyl sites for hydroxylation is 1. The molecule has 5 nitrogen and oxygen atoms in total. The Balaban J connectivity index is 1.50. The van der Waals surface area contributed by atoms with Crippen LogP contribution in [-0.2, 0) is 17.8 Å². The van der Waals surface area contributed by atoms with Crippen molar-refractivity contribution in [3.63, 3.8) is 0 Å². The van der Waals surface area contributed by atoms with Gasteiger partial charge in [0.1, 0.15) is 5.75 Å². The van der Waals surface area contributed by atoms with E-state index in [-0.39, 0.29) is 5.91 Å². The number of pyridine rings is 1. The van der Waals surface area contributed by atoms with Crippen LogP contribution in [0.4, 0.5) is 0 Å². The number of benzene rings is 1. The summed E-state index contributed by atoms with van der Waals surface area (Å²) in [6.45, 7) is 5.18. The molecule has 0 bridgehead atoms. The second-order valence-electron chi connectivity index (χ2n) is 7.60. The fourth-order valence-corrected chi connectivity index (χ4v) is 4.40. The molecule has 6 heteroatoms. The second-order valence-corrected chi connectivity index (χ2v) is 8.52. The number of rotatable bonds is 8. The maximum absolute atomic E-state index is 13.3. The van der Waals surface area contributed by atoms with Crippen LogP contribution in [-0.4, -0.2) is 35.6 Å². The predicted molar refractivity (Wildman–Crippen MR) is 118 cm³/mol. The van der Waals surface area contributed by atoms with Crippen molar-refractivity contribution in [3.05, 3.63) is 81.8 Å². The number of carbonyl (C=O) groups is 1. The zero-order chi connectivity index (χ0) is 20.8. The molecule has 1 fully saturated rings. The van der Waals surface area contributed by atoms with E-state index in [9.17, 15) is 4.79 Å². The van der Waals surface area contributed by atoms with Gasteiger partial charge in [0, 0.05) is 25.3 Å². The average molecular weight is 423 g/mol. The predicted octanol–water partition coefficient (Wildman–Crippen LogP) is 4.71. The second kappa shape index (κ2) is 9.87. The van der Waals surface area contributed by atoms with Crippen LogP contribution < -0.4 is 4.74 Å². The van der Waals surface area contributed by atoms with Gasteiger partial charge in [-0.15, -0.1) is 11.3 Å². The number of amides is 1. The fraction of sp³-hybridized carbons (Fsp3) is 0.333. The van der Waals surface area contributed by atoms with Gasteiger partial charge in [0.25, 0.3) is 5.91 Å². The first-order valence-corrected chi connectivity index (χ1v) is 11.1. The lowest BCUT2D eigenvalue weighted by Crippen LogP contribution is -2.30. The third kappa shape index (κ3) is 5.26. The van der Waals surface area contributed by atoms with Gasteiger partial charge in [-0.25, -0.2) is 0 Å². The van der Waals surface area contributed by atoms with Gasteiger partial charge in [-0.05, 0) is 60.2 Å². The third-order valence-electron chi connectivity index (χ3n) is 5.20. The van der Waals surface area contributed by atoms with E-state index in [1.54, 1.807) is 6.20 Å². The number of thiophene rings is 1. The molecular weight excluding hydrogens is 396 g/mol. The highest BCUT2D eigenvalue weighted by Crippen LogP contribution is 2.23. The molecule has 1 amide bonds. The normalized spacial score (nSPS) is 15.8. The van der Waals surface area contributed by atoms with Gasteiger partial charge in [-0.2, -0.15) is 0 Å². The molecular formula is C24H26N2O3S. The van der Waals surface area contributed by atoms with Crippen LogP contribution in [0.15, 0.2) is 60.1 Å². The Bertz CT molecular complexity index is 967. The number of ether oxygens (including phenoxy) is 2. The molecule has 0 spiro atoms. The molecule has 3 heterocycles. The molecule has 1 atom stereocenters. The Morgan fingerprint density at radius 1 is 1.23 bits per heavy atom. The van der Waals surface area contributed by atoms with Crippen molar-refractivity contribution in [2.75, 3.05) is 19.8 Å². The Morgan fingerprint density at radius 2 is 2.17 bits per heavy atom. The van der Waals surface area contributed by atoms with Gasteiger partial charge >= 0.3 is 0 Å². The third-order valence-corrected chi connectivity index (χ3v) is 6.21. The van der Waals surface area contributed by atoms with E-state index in [0.717, 1.165) is 47.1 Å². The number of nitrogens with zero attached hydrogens (tertiary/aromatic N) is 2. The number of aromatic nitrogens is 1. The molecule has 1 aromatic carbocycles. The highest BCUT2D eigenvalue weighted by molar-refractivity contribution is 7.12. The number of hydrogen-bond acceptors (Lipinski definition) is 5. The molecule has 0 unspecified atom stereocenters. The minimum Gasteiger partial charge on any atom is -0.493 e. The zero-order valence-corrected chi connectivity index (χ0v) is 17.9. The molecule has 0 saturated carbocycles. The van der Waals surface area contributed by atoms with E-state index >= 15 is 0 Å². The zero-order valence-electron chi connectivity index (χ0n) is 17.1. The standard InChI is InChI=1S/C24H26N2O3S/c1-18-9-12-30-23(18)24(27)26(15-21-6-2-3-10-25-21)14-19-5-4-7-22(13-19)29-17-20-8-11-28-16-20/h2-7,9-10,12-13,20H,8,11,14-17H2,1H3/t20-/m0/s1. The molecule has 0 N–H and O–H groups in total. The van der Waals surface area contributed by atoms with Gasteiger partial charge in [0.2, 0.25) is 0 Å². The molecule has 30 heavy (non-hydrogen) atoms. The molecule has 1 saturated heterocycles. The first kappa shape index (κ1) is 20.6. The summed E-state index contributed by atoms with van der Waals surface area (Å²) in [5.41, 5.74) is 2.91. The van der Waals surface area contributed by atoms with Gasteiger partial charge < -0.3 is 14.4 Å². The summed E-state index contributed by atoms with van der Waals surface area (Å²) in [4.78, 5) is 20.3. The fourth-order valence-electron chi connectivity index (χ4n) is 3.51. The van der Waals surface area contributed by atoms with Crippen molar-refractivity contribution in [2.24, 2.45) is 5.92 Å². The summed E-state index contributed by atoms with van der Waals surface area (Å²) >= 11 is 1.48. The van der Waals surface area contributed by atoms with Crippen molar-refractivity contribution in [1.29, 1.82) is 0 Å². The first-order chi connectivity index (χ1) is 14.7. The summed E-state index contributed by atoms with van der Waals surface area (Å²) < 4.78 is 11.4. The maximum atomic E-state index is 13.3. The largest absolute Gasteiger partial charge is 0.493 e. The van der Waals surface area contributed by atoms with Crippen molar-refractivity contribution in [3.8, 4) is 5.75 Å². The molecule has 1 aliphatic rings. The average Bonchev–Trinajstić information content (AvgIpc) is 3.44. The van der Waals surface area contributed by atoms with Crippen LogP contribution in [0.1, 0.15) is 32.9 Å². The minimum atomic E-state index is 0.0302. The lowest BCUT2D eigenvalue weighted by Gasteiger charge is -2.23. The van der Waals surface area contributed by atoms with Crippen molar-refractivity contribution in [2.45, 2.75) is 26.4 Å². The first-order valence-electron chi connectivity index (χ1n) is 10.2. The van der Waals surface area contributed by atoms with E-state index in [2.05, 4.69) is 4.98 Å². The number of carbonyl (C=O) groups excluding carboxylic acids is 1. The molecule has 3 aromatic rings. The minimum absolute atomic E-state index is 0.0302.